The van der Waals surface area contributed by atoms with Gasteiger partial charge < -0.3 is 11.1 Å². The molecule has 1 aliphatic rings. The number of rotatable bonds is 5. The highest BCUT2D eigenvalue weighted by atomic mass is 16.1. The van der Waals surface area contributed by atoms with Crippen LogP contribution in [0.5, 0.6) is 0 Å². The van der Waals surface area contributed by atoms with Gasteiger partial charge in [0.15, 0.2) is 0 Å². The van der Waals surface area contributed by atoms with E-state index >= 15 is 0 Å². The molecule has 0 aliphatic heterocycles. The molecule has 1 aromatic rings. The lowest BCUT2D eigenvalue weighted by Gasteiger charge is -2.24. The SMILES string of the molecule is CC(CNC(=O)c1cccnc1N)N(C)C1CC1. The van der Waals surface area contributed by atoms with Crippen molar-refractivity contribution in [1.82, 2.24) is 15.2 Å². The molecule has 0 bridgehead atoms. The van der Waals surface area contributed by atoms with E-state index in [1.165, 1.54) is 12.8 Å². The molecule has 2 rings (SSSR count). The van der Waals surface area contributed by atoms with Crippen molar-refractivity contribution < 1.29 is 4.79 Å². The monoisotopic (exact) mass is 248 g/mol. The van der Waals surface area contributed by atoms with Crippen LogP contribution in [0.15, 0.2) is 18.3 Å². The van der Waals surface area contributed by atoms with Crippen LogP contribution in [0, 0.1) is 0 Å². The van der Waals surface area contributed by atoms with Gasteiger partial charge in [-0.1, -0.05) is 0 Å². The molecule has 0 saturated heterocycles. The molecule has 5 heteroatoms. The molecular weight excluding hydrogens is 228 g/mol. The molecule has 0 radical (unpaired) electrons. The minimum atomic E-state index is -0.156. The lowest BCUT2D eigenvalue weighted by atomic mass is 10.2. The van der Waals surface area contributed by atoms with Crippen molar-refractivity contribution >= 4 is 11.7 Å². The summed E-state index contributed by atoms with van der Waals surface area (Å²) in [7, 11) is 2.10. The zero-order valence-electron chi connectivity index (χ0n) is 10.9. The Hall–Kier alpha value is -1.62. The molecular formula is C13H20N4O. The molecule has 0 spiro atoms. The first-order valence-corrected chi connectivity index (χ1v) is 6.30. The zero-order chi connectivity index (χ0) is 13.1. The Morgan fingerprint density at radius 2 is 2.39 bits per heavy atom. The summed E-state index contributed by atoms with van der Waals surface area (Å²) in [5.74, 6) is 0.120. The van der Waals surface area contributed by atoms with Crippen molar-refractivity contribution in [3.63, 3.8) is 0 Å². The molecule has 1 amide bonds. The summed E-state index contributed by atoms with van der Waals surface area (Å²) in [6.45, 7) is 2.74. The molecule has 18 heavy (non-hydrogen) atoms. The lowest BCUT2D eigenvalue weighted by Crippen LogP contribution is -2.41. The van der Waals surface area contributed by atoms with Gasteiger partial charge in [-0.15, -0.1) is 0 Å². The van der Waals surface area contributed by atoms with Crippen molar-refractivity contribution in [2.75, 3.05) is 19.3 Å². The number of amides is 1. The molecule has 0 aromatic carbocycles. The van der Waals surface area contributed by atoms with Gasteiger partial charge in [0.05, 0.1) is 5.56 Å². The fourth-order valence-electron chi connectivity index (χ4n) is 1.93. The standard InChI is InChI=1S/C13H20N4O/c1-9(17(2)10-5-6-10)8-16-13(18)11-4-3-7-15-12(11)14/h3-4,7,9-10H,5-6,8H2,1-2H3,(H2,14,15)(H,16,18). The highest BCUT2D eigenvalue weighted by molar-refractivity contribution is 5.98. The molecule has 1 fully saturated rings. The van der Waals surface area contributed by atoms with E-state index < -0.39 is 0 Å². The summed E-state index contributed by atoms with van der Waals surface area (Å²) in [5, 5.41) is 2.90. The van der Waals surface area contributed by atoms with Crippen molar-refractivity contribution in [3.05, 3.63) is 23.9 Å². The maximum atomic E-state index is 11.9. The minimum absolute atomic E-state index is 0.156. The maximum Gasteiger partial charge on any atom is 0.255 e. The molecule has 1 atom stereocenters. The first-order valence-electron chi connectivity index (χ1n) is 6.30. The van der Waals surface area contributed by atoms with Gasteiger partial charge in [0, 0.05) is 24.8 Å². The number of pyridine rings is 1. The Morgan fingerprint density at radius 3 is 3.00 bits per heavy atom. The summed E-state index contributed by atoms with van der Waals surface area (Å²) in [6, 6.07) is 4.43. The molecule has 1 aromatic heterocycles. The number of nitrogen functional groups attached to an aromatic ring is 1. The number of hydrogen-bond acceptors (Lipinski definition) is 4. The molecule has 1 unspecified atom stereocenters. The van der Waals surface area contributed by atoms with Crippen LogP contribution in [0.3, 0.4) is 0 Å². The van der Waals surface area contributed by atoms with Gasteiger partial charge in [-0.2, -0.15) is 0 Å². The van der Waals surface area contributed by atoms with E-state index in [1.807, 2.05) is 0 Å². The van der Waals surface area contributed by atoms with Crippen molar-refractivity contribution in [3.8, 4) is 0 Å². The Morgan fingerprint density at radius 1 is 1.67 bits per heavy atom. The number of hydrogen-bond donors (Lipinski definition) is 2. The van der Waals surface area contributed by atoms with Gasteiger partial charge in [0.2, 0.25) is 0 Å². The summed E-state index contributed by atoms with van der Waals surface area (Å²) in [6.07, 6.45) is 4.12. The first kappa shape index (κ1) is 12.8. The molecule has 1 heterocycles. The van der Waals surface area contributed by atoms with Crippen molar-refractivity contribution in [2.24, 2.45) is 0 Å². The Bertz CT molecular complexity index is 431. The number of nitrogens with two attached hydrogens (primary N) is 1. The summed E-state index contributed by atoms with van der Waals surface area (Å²) in [5.41, 5.74) is 6.11. The Labute approximate surface area is 107 Å². The average Bonchev–Trinajstić information content (AvgIpc) is 3.19. The number of carbonyl (C=O) groups is 1. The van der Waals surface area contributed by atoms with Crippen LogP contribution < -0.4 is 11.1 Å². The van der Waals surface area contributed by atoms with E-state index in [0.29, 0.717) is 24.2 Å². The summed E-state index contributed by atoms with van der Waals surface area (Å²) < 4.78 is 0. The van der Waals surface area contributed by atoms with E-state index in [0.717, 1.165) is 0 Å². The molecule has 1 aliphatic carbocycles. The van der Waals surface area contributed by atoms with E-state index in [1.54, 1.807) is 18.3 Å². The fraction of sp³-hybridized carbons (Fsp3) is 0.538. The van der Waals surface area contributed by atoms with E-state index in [9.17, 15) is 4.79 Å². The number of likely N-dealkylation sites (N-methyl/N-ethyl adjacent to an activating group) is 1. The molecule has 98 valence electrons. The third kappa shape index (κ3) is 2.98. The van der Waals surface area contributed by atoms with Crippen LogP contribution in [0.4, 0.5) is 5.82 Å². The van der Waals surface area contributed by atoms with E-state index in [4.69, 9.17) is 5.73 Å². The number of nitrogens with one attached hydrogen (secondary N) is 1. The van der Waals surface area contributed by atoms with Crippen LogP contribution in [0.2, 0.25) is 0 Å². The normalized spacial score (nSPS) is 16.6. The smallest absolute Gasteiger partial charge is 0.255 e. The van der Waals surface area contributed by atoms with Crippen molar-refractivity contribution in [1.29, 1.82) is 0 Å². The number of aromatic nitrogens is 1. The summed E-state index contributed by atoms with van der Waals surface area (Å²) in [4.78, 5) is 18.1. The molecule has 1 saturated carbocycles. The second kappa shape index (κ2) is 5.35. The van der Waals surface area contributed by atoms with E-state index in [-0.39, 0.29) is 11.7 Å². The number of anilines is 1. The molecule has 3 N–H and O–H groups in total. The van der Waals surface area contributed by atoms with Crippen LogP contribution in [-0.4, -0.2) is 41.5 Å². The van der Waals surface area contributed by atoms with Gasteiger partial charge >= 0.3 is 0 Å². The second-order valence-corrected chi connectivity index (χ2v) is 4.89. The van der Waals surface area contributed by atoms with Crippen LogP contribution in [0.1, 0.15) is 30.1 Å². The van der Waals surface area contributed by atoms with Crippen LogP contribution in [0.25, 0.3) is 0 Å². The van der Waals surface area contributed by atoms with Gasteiger partial charge in [0.1, 0.15) is 5.82 Å². The number of nitrogens with zero attached hydrogens (tertiary/aromatic N) is 2. The van der Waals surface area contributed by atoms with E-state index in [2.05, 4.69) is 29.2 Å². The predicted molar refractivity (Wildman–Crippen MR) is 71.2 cm³/mol. The van der Waals surface area contributed by atoms with Gasteiger partial charge in [0.25, 0.3) is 5.91 Å². The summed E-state index contributed by atoms with van der Waals surface area (Å²) >= 11 is 0. The third-order valence-electron chi connectivity index (χ3n) is 3.46. The maximum absolute atomic E-state index is 11.9. The Kier molecular flexibility index (Phi) is 3.81. The van der Waals surface area contributed by atoms with Crippen LogP contribution >= 0.6 is 0 Å². The minimum Gasteiger partial charge on any atom is -0.383 e. The quantitative estimate of drug-likeness (QED) is 0.811. The number of carbonyl (C=O) groups excluding carboxylic acids is 1. The zero-order valence-corrected chi connectivity index (χ0v) is 10.9. The van der Waals surface area contributed by atoms with Gasteiger partial charge in [-0.3, -0.25) is 9.69 Å². The highest BCUT2D eigenvalue weighted by Gasteiger charge is 2.29. The first-order chi connectivity index (χ1) is 8.59. The van der Waals surface area contributed by atoms with Crippen LogP contribution in [-0.2, 0) is 0 Å². The Balaban J connectivity index is 1.86. The highest BCUT2D eigenvalue weighted by Crippen LogP contribution is 2.26. The largest absolute Gasteiger partial charge is 0.383 e. The topological polar surface area (TPSA) is 71.2 Å². The average molecular weight is 248 g/mol. The fourth-order valence-corrected chi connectivity index (χ4v) is 1.93. The predicted octanol–water partition coefficient (Wildman–Crippen LogP) is 0.876. The lowest BCUT2D eigenvalue weighted by molar-refractivity contribution is 0.0940. The van der Waals surface area contributed by atoms with Crippen molar-refractivity contribution in [2.45, 2.75) is 31.8 Å². The molecule has 5 nitrogen and oxygen atoms in total. The third-order valence-corrected chi connectivity index (χ3v) is 3.46. The van der Waals surface area contributed by atoms with Gasteiger partial charge in [-0.05, 0) is 38.9 Å². The van der Waals surface area contributed by atoms with Gasteiger partial charge in [-0.25, -0.2) is 4.98 Å². The second-order valence-electron chi connectivity index (χ2n) is 4.89.